The van der Waals surface area contributed by atoms with Crippen LogP contribution < -0.4 is 10.5 Å². The van der Waals surface area contributed by atoms with Crippen LogP contribution in [0, 0.1) is 0 Å². The highest BCUT2D eigenvalue weighted by Gasteiger charge is 2.21. The van der Waals surface area contributed by atoms with Gasteiger partial charge in [0, 0.05) is 18.1 Å². The van der Waals surface area contributed by atoms with E-state index in [4.69, 9.17) is 10.5 Å². The SMILES string of the molecule is COc1cc(O)ccc1[C@@H](N)[C@@H](O)Cc1ccccc1. The molecule has 0 aliphatic carbocycles. The number of benzene rings is 2. The number of nitrogens with two attached hydrogens (primary N) is 1. The molecule has 0 heterocycles. The van der Waals surface area contributed by atoms with Crippen LogP contribution in [-0.2, 0) is 6.42 Å². The summed E-state index contributed by atoms with van der Waals surface area (Å²) in [6.07, 6.45) is -0.262. The topological polar surface area (TPSA) is 75.7 Å². The summed E-state index contributed by atoms with van der Waals surface area (Å²) in [4.78, 5) is 0. The number of aliphatic hydroxyl groups is 1. The van der Waals surface area contributed by atoms with Crippen molar-refractivity contribution in [1.82, 2.24) is 0 Å². The quantitative estimate of drug-likeness (QED) is 0.779. The molecule has 0 aliphatic rings. The zero-order chi connectivity index (χ0) is 14.5. The van der Waals surface area contributed by atoms with Crippen molar-refractivity contribution in [3.8, 4) is 11.5 Å². The molecule has 2 aromatic carbocycles. The second-order valence-corrected chi connectivity index (χ2v) is 4.71. The van der Waals surface area contributed by atoms with Crippen LogP contribution >= 0.6 is 0 Å². The Morgan fingerprint density at radius 2 is 1.85 bits per heavy atom. The minimum atomic E-state index is -0.726. The lowest BCUT2D eigenvalue weighted by Gasteiger charge is -2.21. The Hall–Kier alpha value is -2.04. The molecule has 0 saturated carbocycles. The summed E-state index contributed by atoms with van der Waals surface area (Å²) in [6.45, 7) is 0. The molecule has 2 rings (SSSR count). The summed E-state index contributed by atoms with van der Waals surface area (Å²) in [7, 11) is 1.51. The molecule has 0 spiro atoms. The molecule has 0 aromatic heterocycles. The van der Waals surface area contributed by atoms with E-state index in [0.717, 1.165) is 5.56 Å². The first kappa shape index (κ1) is 14.4. The summed E-state index contributed by atoms with van der Waals surface area (Å²) in [6, 6.07) is 13.8. The second-order valence-electron chi connectivity index (χ2n) is 4.71. The van der Waals surface area contributed by atoms with Crippen molar-refractivity contribution in [3.63, 3.8) is 0 Å². The van der Waals surface area contributed by atoms with Gasteiger partial charge in [0.2, 0.25) is 0 Å². The molecule has 0 bridgehead atoms. The molecule has 4 heteroatoms. The fraction of sp³-hybridized carbons (Fsp3) is 0.250. The summed E-state index contributed by atoms with van der Waals surface area (Å²) in [5.41, 5.74) is 7.80. The first-order chi connectivity index (χ1) is 9.61. The van der Waals surface area contributed by atoms with Gasteiger partial charge in [0.1, 0.15) is 11.5 Å². The van der Waals surface area contributed by atoms with Crippen LogP contribution in [0.25, 0.3) is 0 Å². The highest BCUT2D eigenvalue weighted by molar-refractivity contribution is 5.42. The summed E-state index contributed by atoms with van der Waals surface area (Å²) >= 11 is 0. The van der Waals surface area contributed by atoms with Crippen LogP contribution in [-0.4, -0.2) is 23.4 Å². The maximum atomic E-state index is 10.3. The molecule has 106 valence electrons. The molecule has 0 amide bonds. The average molecular weight is 273 g/mol. The van der Waals surface area contributed by atoms with E-state index in [1.54, 1.807) is 6.07 Å². The number of phenolic OH excluding ortho intramolecular Hbond substituents is 1. The van der Waals surface area contributed by atoms with Gasteiger partial charge in [-0.1, -0.05) is 30.3 Å². The molecule has 0 fully saturated rings. The molecular formula is C16H19NO3. The van der Waals surface area contributed by atoms with Crippen molar-refractivity contribution in [2.24, 2.45) is 5.73 Å². The number of phenols is 1. The van der Waals surface area contributed by atoms with Gasteiger partial charge in [0.25, 0.3) is 0 Å². The van der Waals surface area contributed by atoms with E-state index in [1.807, 2.05) is 30.3 Å². The minimum absolute atomic E-state index is 0.107. The average Bonchev–Trinajstić information content (AvgIpc) is 2.47. The van der Waals surface area contributed by atoms with E-state index in [-0.39, 0.29) is 5.75 Å². The molecule has 4 N–H and O–H groups in total. The van der Waals surface area contributed by atoms with Crippen LogP contribution in [0.5, 0.6) is 11.5 Å². The Morgan fingerprint density at radius 1 is 1.15 bits per heavy atom. The van der Waals surface area contributed by atoms with Crippen LogP contribution in [0.15, 0.2) is 48.5 Å². The lowest BCUT2D eigenvalue weighted by atomic mass is 9.96. The summed E-state index contributed by atoms with van der Waals surface area (Å²) in [5.74, 6) is 0.583. The van der Waals surface area contributed by atoms with Crippen molar-refractivity contribution in [1.29, 1.82) is 0 Å². The number of aromatic hydroxyl groups is 1. The number of hydrogen-bond donors (Lipinski definition) is 3. The molecule has 4 nitrogen and oxygen atoms in total. The van der Waals surface area contributed by atoms with Crippen molar-refractivity contribution in [2.75, 3.05) is 7.11 Å². The van der Waals surface area contributed by atoms with Crippen LogP contribution in [0.4, 0.5) is 0 Å². The first-order valence-electron chi connectivity index (χ1n) is 6.46. The lowest BCUT2D eigenvalue weighted by Crippen LogP contribution is -2.28. The molecule has 0 radical (unpaired) electrons. The molecule has 20 heavy (non-hydrogen) atoms. The van der Waals surface area contributed by atoms with Gasteiger partial charge >= 0.3 is 0 Å². The number of hydrogen-bond acceptors (Lipinski definition) is 4. The molecule has 2 aromatic rings. The van der Waals surface area contributed by atoms with Crippen LogP contribution in [0.1, 0.15) is 17.2 Å². The second kappa shape index (κ2) is 6.41. The van der Waals surface area contributed by atoms with Crippen molar-refractivity contribution < 1.29 is 14.9 Å². The smallest absolute Gasteiger partial charge is 0.127 e. The summed E-state index contributed by atoms with van der Waals surface area (Å²) < 4.78 is 5.20. The van der Waals surface area contributed by atoms with Gasteiger partial charge in [-0.2, -0.15) is 0 Å². The number of aliphatic hydroxyl groups excluding tert-OH is 1. The van der Waals surface area contributed by atoms with Gasteiger partial charge in [-0.15, -0.1) is 0 Å². The maximum Gasteiger partial charge on any atom is 0.127 e. The fourth-order valence-electron chi connectivity index (χ4n) is 2.17. The largest absolute Gasteiger partial charge is 0.508 e. The molecule has 2 atom stereocenters. The highest BCUT2D eigenvalue weighted by atomic mass is 16.5. The summed E-state index contributed by atoms with van der Waals surface area (Å²) in [5, 5.41) is 19.7. The Labute approximate surface area is 118 Å². The van der Waals surface area contributed by atoms with Crippen molar-refractivity contribution >= 4 is 0 Å². The maximum absolute atomic E-state index is 10.3. The Kier molecular flexibility index (Phi) is 4.61. The Balaban J connectivity index is 2.16. The number of rotatable bonds is 5. The van der Waals surface area contributed by atoms with Gasteiger partial charge in [0.15, 0.2) is 0 Å². The van der Waals surface area contributed by atoms with Gasteiger partial charge in [0.05, 0.1) is 19.3 Å². The number of methoxy groups -OCH3 is 1. The van der Waals surface area contributed by atoms with E-state index in [9.17, 15) is 10.2 Å². The first-order valence-corrected chi connectivity index (χ1v) is 6.46. The molecular weight excluding hydrogens is 254 g/mol. The highest BCUT2D eigenvalue weighted by Crippen LogP contribution is 2.30. The predicted octanol–water partition coefficient (Wildman–Crippen LogP) is 2.00. The normalized spacial score (nSPS) is 13.8. The van der Waals surface area contributed by atoms with E-state index in [2.05, 4.69) is 0 Å². The van der Waals surface area contributed by atoms with Crippen LogP contribution in [0.2, 0.25) is 0 Å². The van der Waals surface area contributed by atoms with Gasteiger partial charge in [-0.05, 0) is 17.7 Å². The van der Waals surface area contributed by atoms with E-state index in [0.29, 0.717) is 17.7 Å². The molecule has 0 saturated heterocycles. The van der Waals surface area contributed by atoms with Crippen molar-refractivity contribution in [2.45, 2.75) is 18.6 Å². The standard InChI is InChI=1S/C16H19NO3/c1-20-15-10-12(18)7-8-13(15)16(17)14(19)9-11-5-3-2-4-6-11/h2-8,10,14,16,18-19H,9,17H2,1H3/t14-,16+/m0/s1. The molecule has 0 unspecified atom stereocenters. The Morgan fingerprint density at radius 3 is 2.50 bits per heavy atom. The predicted molar refractivity (Wildman–Crippen MR) is 77.7 cm³/mol. The van der Waals surface area contributed by atoms with Gasteiger partial charge < -0.3 is 20.7 Å². The minimum Gasteiger partial charge on any atom is -0.508 e. The fourth-order valence-corrected chi connectivity index (χ4v) is 2.17. The zero-order valence-electron chi connectivity index (χ0n) is 11.4. The van der Waals surface area contributed by atoms with E-state index in [1.165, 1.54) is 19.2 Å². The van der Waals surface area contributed by atoms with Crippen molar-refractivity contribution in [3.05, 3.63) is 59.7 Å². The Bertz CT molecular complexity index is 557. The zero-order valence-corrected chi connectivity index (χ0v) is 11.4. The lowest BCUT2D eigenvalue weighted by molar-refractivity contribution is 0.143. The van der Waals surface area contributed by atoms with Crippen LogP contribution in [0.3, 0.4) is 0 Å². The molecule has 0 aliphatic heterocycles. The van der Waals surface area contributed by atoms with Gasteiger partial charge in [-0.25, -0.2) is 0 Å². The third kappa shape index (κ3) is 3.29. The monoisotopic (exact) mass is 273 g/mol. The third-order valence-corrected chi connectivity index (χ3v) is 3.28. The number of ether oxygens (including phenoxy) is 1. The van der Waals surface area contributed by atoms with Gasteiger partial charge in [-0.3, -0.25) is 0 Å². The van der Waals surface area contributed by atoms with E-state index < -0.39 is 12.1 Å². The van der Waals surface area contributed by atoms with E-state index >= 15 is 0 Å². The third-order valence-electron chi connectivity index (χ3n) is 3.28.